The summed E-state index contributed by atoms with van der Waals surface area (Å²) in [6.07, 6.45) is -4.78. The normalized spacial score (nSPS) is 11.2. The van der Waals surface area contributed by atoms with Gasteiger partial charge in [-0.1, -0.05) is 18.2 Å². The van der Waals surface area contributed by atoms with Crippen molar-refractivity contribution in [3.8, 4) is 16.9 Å². The highest BCUT2D eigenvalue weighted by Crippen LogP contribution is 2.27. The van der Waals surface area contributed by atoms with Crippen molar-refractivity contribution in [2.45, 2.75) is 6.36 Å². The lowest BCUT2D eigenvalue weighted by molar-refractivity contribution is -0.274. The van der Waals surface area contributed by atoms with Crippen molar-refractivity contribution in [2.24, 2.45) is 0 Å². The maximum absolute atomic E-state index is 13.3. The number of carboxylic acids is 1. The summed E-state index contributed by atoms with van der Waals surface area (Å²) in [6, 6.07) is 8.25. The number of carbonyl (C=O) groups is 1. The van der Waals surface area contributed by atoms with Crippen molar-refractivity contribution >= 4 is 5.97 Å². The Morgan fingerprint density at radius 1 is 1.00 bits per heavy atom. The van der Waals surface area contributed by atoms with E-state index < -0.39 is 29.5 Å². The molecule has 1 N–H and O–H groups in total. The number of hydrogen-bond acceptors (Lipinski definition) is 2. The third-order valence-electron chi connectivity index (χ3n) is 2.62. The smallest absolute Gasteiger partial charge is 0.478 e. The van der Waals surface area contributed by atoms with Crippen molar-refractivity contribution in [2.75, 3.05) is 0 Å². The molecule has 0 saturated heterocycles. The van der Waals surface area contributed by atoms with Crippen molar-refractivity contribution in [3.05, 3.63) is 53.8 Å². The summed E-state index contributed by atoms with van der Waals surface area (Å²) in [6.45, 7) is 0. The molecular weight excluding hydrogens is 292 g/mol. The van der Waals surface area contributed by atoms with E-state index in [-0.39, 0.29) is 0 Å². The molecule has 0 aromatic heterocycles. The molecule has 21 heavy (non-hydrogen) atoms. The minimum absolute atomic E-state index is 0.368. The Bertz CT molecular complexity index is 663. The predicted molar refractivity (Wildman–Crippen MR) is 65.5 cm³/mol. The third-order valence-corrected chi connectivity index (χ3v) is 2.62. The monoisotopic (exact) mass is 300 g/mol. The first-order chi connectivity index (χ1) is 9.76. The number of benzene rings is 2. The Morgan fingerprint density at radius 3 is 2.10 bits per heavy atom. The number of carboxylic acid groups (broad SMARTS) is 1. The van der Waals surface area contributed by atoms with Crippen LogP contribution in [0, 0.1) is 5.82 Å². The number of alkyl halides is 3. The highest BCUT2D eigenvalue weighted by atomic mass is 19.4. The van der Waals surface area contributed by atoms with Crippen LogP contribution in [0.5, 0.6) is 5.75 Å². The summed E-state index contributed by atoms with van der Waals surface area (Å²) in [4.78, 5) is 10.8. The fourth-order valence-corrected chi connectivity index (χ4v) is 1.72. The van der Waals surface area contributed by atoms with E-state index in [1.165, 1.54) is 18.2 Å². The first-order valence-corrected chi connectivity index (χ1v) is 5.65. The summed E-state index contributed by atoms with van der Waals surface area (Å²) in [5.74, 6) is -2.71. The second-order valence-electron chi connectivity index (χ2n) is 4.07. The van der Waals surface area contributed by atoms with E-state index in [1.54, 1.807) is 0 Å². The van der Waals surface area contributed by atoms with E-state index in [2.05, 4.69) is 4.74 Å². The third kappa shape index (κ3) is 3.71. The molecule has 3 nitrogen and oxygen atoms in total. The van der Waals surface area contributed by atoms with Crippen LogP contribution in [0.4, 0.5) is 17.6 Å². The zero-order chi connectivity index (χ0) is 15.6. The highest BCUT2D eigenvalue weighted by Gasteiger charge is 2.30. The van der Waals surface area contributed by atoms with Crippen LogP contribution in [0.15, 0.2) is 42.5 Å². The lowest BCUT2D eigenvalue weighted by Gasteiger charge is -2.09. The van der Waals surface area contributed by atoms with Gasteiger partial charge in [-0.3, -0.25) is 0 Å². The van der Waals surface area contributed by atoms with Crippen molar-refractivity contribution in [3.63, 3.8) is 0 Å². The zero-order valence-electron chi connectivity index (χ0n) is 10.3. The average molecular weight is 300 g/mol. The topological polar surface area (TPSA) is 46.5 Å². The van der Waals surface area contributed by atoms with Crippen molar-refractivity contribution in [1.29, 1.82) is 0 Å². The molecule has 0 radical (unpaired) electrons. The van der Waals surface area contributed by atoms with Gasteiger partial charge in [0, 0.05) is 0 Å². The van der Waals surface area contributed by atoms with Crippen LogP contribution in [-0.2, 0) is 0 Å². The predicted octanol–water partition coefficient (Wildman–Crippen LogP) is 4.09. The first-order valence-electron chi connectivity index (χ1n) is 5.65. The van der Waals surface area contributed by atoms with Crippen LogP contribution in [0.3, 0.4) is 0 Å². The van der Waals surface area contributed by atoms with Gasteiger partial charge in [-0.25, -0.2) is 9.18 Å². The Kier molecular flexibility index (Phi) is 3.84. The van der Waals surface area contributed by atoms with Crippen molar-refractivity contribution in [1.82, 2.24) is 0 Å². The fraction of sp³-hybridized carbons (Fsp3) is 0.0714. The van der Waals surface area contributed by atoms with Gasteiger partial charge in [-0.05, 0) is 35.4 Å². The molecule has 0 atom stereocenters. The van der Waals surface area contributed by atoms with E-state index in [0.29, 0.717) is 11.1 Å². The van der Waals surface area contributed by atoms with Gasteiger partial charge in [-0.2, -0.15) is 0 Å². The summed E-state index contributed by atoms with van der Waals surface area (Å²) < 4.78 is 53.0. The Hall–Kier alpha value is -2.57. The molecule has 2 aromatic carbocycles. The van der Waals surface area contributed by atoms with Crippen LogP contribution in [-0.4, -0.2) is 17.4 Å². The van der Waals surface area contributed by atoms with E-state index in [4.69, 9.17) is 5.11 Å². The van der Waals surface area contributed by atoms with E-state index in [9.17, 15) is 22.4 Å². The van der Waals surface area contributed by atoms with Crippen molar-refractivity contribution < 1.29 is 32.2 Å². The van der Waals surface area contributed by atoms with Gasteiger partial charge in [-0.15, -0.1) is 13.2 Å². The van der Waals surface area contributed by atoms with E-state index in [0.717, 1.165) is 24.3 Å². The van der Waals surface area contributed by atoms with Gasteiger partial charge >= 0.3 is 12.3 Å². The maximum atomic E-state index is 13.3. The molecule has 0 spiro atoms. The summed E-state index contributed by atoms with van der Waals surface area (Å²) in [5.41, 5.74) is 0.294. The van der Waals surface area contributed by atoms with Crippen LogP contribution < -0.4 is 4.74 Å². The number of ether oxygens (including phenoxy) is 1. The number of aromatic carboxylic acids is 1. The van der Waals surface area contributed by atoms with Gasteiger partial charge in [0.15, 0.2) is 0 Å². The Labute approximate surface area is 116 Å². The zero-order valence-corrected chi connectivity index (χ0v) is 10.3. The van der Waals surface area contributed by atoms with E-state index >= 15 is 0 Å². The number of halogens is 4. The lowest BCUT2D eigenvalue weighted by atomic mass is 10.0. The SMILES string of the molecule is O=C(O)c1cc(-c2ccc(OC(F)(F)F)cc2)ccc1F. The molecule has 0 aliphatic carbocycles. The Morgan fingerprint density at radius 2 is 1.57 bits per heavy atom. The van der Waals surface area contributed by atoms with Crippen LogP contribution in [0.2, 0.25) is 0 Å². The van der Waals surface area contributed by atoms with Crippen LogP contribution in [0.1, 0.15) is 10.4 Å². The molecule has 0 saturated carbocycles. The lowest BCUT2D eigenvalue weighted by Crippen LogP contribution is -2.16. The van der Waals surface area contributed by atoms with Crippen LogP contribution >= 0.6 is 0 Å². The molecule has 0 amide bonds. The molecule has 0 aliphatic rings. The average Bonchev–Trinajstić information content (AvgIpc) is 2.38. The maximum Gasteiger partial charge on any atom is 0.573 e. The van der Waals surface area contributed by atoms with Gasteiger partial charge in [0.05, 0.1) is 5.56 Å². The number of hydrogen-bond donors (Lipinski definition) is 1. The quantitative estimate of drug-likeness (QED) is 0.868. The molecule has 0 fully saturated rings. The molecule has 0 heterocycles. The molecular formula is C14H8F4O3. The van der Waals surface area contributed by atoms with Gasteiger partial charge in [0.25, 0.3) is 0 Å². The molecule has 7 heteroatoms. The minimum atomic E-state index is -4.78. The molecule has 0 unspecified atom stereocenters. The molecule has 110 valence electrons. The molecule has 2 aromatic rings. The standard InChI is InChI=1S/C14H8F4O3/c15-12-6-3-9(7-11(12)13(19)20)8-1-4-10(5-2-8)21-14(16,17)18/h1-7H,(H,19,20). The second-order valence-corrected chi connectivity index (χ2v) is 4.07. The number of rotatable bonds is 3. The van der Waals surface area contributed by atoms with E-state index in [1.807, 2.05) is 0 Å². The summed E-state index contributed by atoms with van der Waals surface area (Å²) in [5, 5.41) is 8.82. The Balaban J connectivity index is 2.31. The summed E-state index contributed by atoms with van der Waals surface area (Å²) in [7, 11) is 0. The van der Waals surface area contributed by atoms with Gasteiger partial charge in [0.2, 0.25) is 0 Å². The van der Waals surface area contributed by atoms with Crippen LogP contribution in [0.25, 0.3) is 11.1 Å². The molecule has 2 rings (SSSR count). The minimum Gasteiger partial charge on any atom is -0.478 e. The van der Waals surface area contributed by atoms with Gasteiger partial charge < -0.3 is 9.84 Å². The highest BCUT2D eigenvalue weighted by molar-refractivity contribution is 5.89. The largest absolute Gasteiger partial charge is 0.573 e. The first kappa shape index (κ1) is 14.8. The van der Waals surface area contributed by atoms with Gasteiger partial charge in [0.1, 0.15) is 11.6 Å². The summed E-state index contributed by atoms with van der Waals surface area (Å²) >= 11 is 0. The molecule has 0 bridgehead atoms. The molecule has 0 aliphatic heterocycles. The fourth-order valence-electron chi connectivity index (χ4n) is 1.72. The second kappa shape index (κ2) is 5.43.